The molecule has 1 amide bonds. The number of amides is 1. The predicted octanol–water partition coefficient (Wildman–Crippen LogP) is 0.573. The lowest BCUT2D eigenvalue weighted by Gasteiger charge is -1.98. The summed E-state index contributed by atoms with van der Waals surface area (Å²) in [6.45, 7) is 5.58. The number of hydrogen-bond acceptors (Lipinski definition) is 2. The minimum absolute atomic E-state index is 0. The van der Waals surface area contributed by atoms with Crippen molar-refractivity contribution in [1.29, 1.82) is 0 Å². The van der Waals surface area contributed by atoms with E-state index in [4.69, 9.17) is 5.73 Å². The maximum absolute atomic E-state index is 10.7. The van der Waals surface area contributed by atoms with Gasteiger partial charge in [0.15, 0.2) is 0 Å². The Balaban J connectivity index is 0. The van der Waals surface area contributed by atoms with Gasteiger partial charge in [0.2, 0.25) is 5.91 Å². The van der Waals surface area contributed by atoms with Crippen molar-refractivity contribution < 1.29 is 4.79 Å². The van der Waals surface area contributed by atoms with Crippen LogP contribution in [0.2, 0.25) is 0 Å². The summed E-state index contributed by atoms with van der Waals surface area (Å²) < 4.78 is 0. The quantitative estimate of drug-likeness (QED) is 0.618. The van der Waals surface area contributed by atoms with Gasteiger partial charge < -0.3 is 11.1 Å². The second-order valence-electron chi connectivity index (χ2n) is 1.92. The van der Waals surface area contributed by atoms with Gasteiger partial charge in [-0.2, -0.15) is 0 Å². The third kappa shape index (κ3) is 6.93. The van der Waals surface area contributed by atoms with Gasteiger partial charge in [-0.1, -0.05) is 6.58 Å². The molecule has 0 fully saturated rings. The van der Waals surface area contributed by atoms with Crippen LogP contribution in [-0.4, -0.2) is 12.5 Å². The van der Waals surface area contributed by atoms with Crippen molar-refractivity contribution in [3.63, 3.8) is 0 Å². The Morgan fingerprint density at radius 1 is 1.73 bits per heavy atom. The van der Waals surface area contributed by atoms with Gasteiger partial charge in [0.25, 0.3) is 0 Å². The molecule has 0 aliphatic rings. The maximum atomic E-state index is 10.7. The summed E-state index contributed by atoms with van der Waals surface area (Å²) in [7, 11) is 0. The first-order valence-corrected chi connectivity index (χ1v) is 2.99. The van der Waals surface area contributed by atoms with Crippen LogP contribution in [0.15, 0.2) is 24.4 Å². The molecule has 0 radical (unpaired) electrons. The standard InChI is InChI=1S/C7H12N2O.ClH/c1-6(2)7(10)9-5-3-4-8;/h3-4H,1,5,8H2,2H3,(H,9,10);1H. The second kappa shape index (κ2) is 7.15. The zero-order valence-electron chi connectivity index (χ0n) is 6.46. The summed E-state index contributed by atoms with van der Waals surface area (Å²) in [4.78, 5) is 10.7. The molecule has 3 nitrogen and oxygen atoms in total. The van der Waals surface area contributed by atoms with Crippen LogP contribution < -0.4 is 11.1 Å². The monoisotopic (exact) mass is 176 g/mol. The highest BCUT2D eigenvalue weighted by Crippen LogP contribution is 1.83. The molecule has 0 aromatic rings. The number of hydrogen-bond donors (Lipinski definition) is 2. The van der Waals surface area contributed by atoms with Crippen molar-refractivity contribution in [3.8, 4) is 0 Å². The van der Waals surface area contributed by atoms with E-state index >= 15 is 0 Å². The predicted molar refractivity (Wildman–Crippen MR) is 48.4 cm³/mol. The minimum Gasteiger partial charge on any atom is -0.405 e. The average molecular weight is 177 g/mol. The van der Waals surface area contributed by atoms with Crippen LogP contribution in [-0.2, 0) is 4.79 Å². The molecule has 0 aliphatic heterocycles. The zero-order chi connectivity index (χ0) is 7.98. The third-order valence-electron chi connectivity index (χ3n) is 0.904. The first-order valence-electron chi connectivity index (χ1n) is 2.99. The fourth-order valence-corrected chi connectivity index (χ4v) is 0.371. The second-order valence-corrected chi connectivity index (χ2v) is 1.92. The van der Waals surface area contributed by atoms with Crippen LogP contribution in [0.25, 0.3) is 0 Å². The van der Waals surface area contributed by atoms with E-state index in [1.807, 2.05) is 0 Å². The lowest BCUT2D eigenvalue weighted by atomic mass is 10.3. The van der Waals surface area contributed by atoms with Crippen molar-refractivity contribution in [3.05, 3.63) is 24.4 Å². The Labute approximate surface area is 72.8 Å². The summed E-state index contributed by atoms with van der Waals surface area (Å²) >= 11 is 0. The maximum Gasteiger partial charge on any atom is 0.246 e. The molecule has 0 bridgehead atoms. The summed E-state index contributed by atoms with van der Waals surface area (Å²) in [6, 6.07) is 0. The molecule has 4 heteroatoms. The number of nitrogens with two attached hydrogens (primary N) is 1. The summed E-state index contributed by atoms with van der Waals surface area (Å²) in [5, 5.41) is 2.58. The molecule has 0 atom stereocenters. The Morgan fingerprint density at radius 3 is 2.64 bits per heavy atom. The summed E-state index contributed by atoms with van der Waals surface area (Å²) in [5.41, 5.74) is 5.54. The molecule has 0 spiro atoms. The molecule has 0 saturated carbocycles. The van der Waals surface area contributed by atoms with Crippen molar-refractivity contribution in [2.24, 2.45) is 5.73 Å². The highest BCUT2D eigenvalue weighted by Gasteiger charge is 1.96. The first-order chi connectivity index (χ1) is 4.68. The Bertz CT molecular complexity index is 166. The average Bonchev–Trinajstić information content (AvgIpc) is 1.88. The van der Waals surface area contributed by atoms with Gasteiger partial charge in [-0.15, -0.1) is 12.4 Å². The first kappa shape index (κ1) is 12.7. The molecule has 64 valence electrons. The van der Waals surface area contributed by atoms with E-state index in [0.29, 0.717) is 12.1 Å². The normalized spacial score (nSPS) is 8.82. The van der Waals surface area contributed by atoms with Gasteiger partial charge in [0.1, 0.15) is 0 Å². The molecule has 0 unspecified atom stereocenters. The van der Waals surface area contributed by atoms with E-state index < -0.39 is 0 Å². The van der Waals surface area contributed by atoms with Gasteiger partial charge >= 0.3 is 0 Å². The molecule has 0 saturated heterocycles. The van der Waals surface area contributed by atoms with Crippen molar-refractivity contribution in [1.82, 2.24) is 5.32 Å². The minimum atomic E-state index is -0.141. The lowest BCUT2D eigenvalue weighted by molar-refractivity contribution is -0.117. The summed E-state index contributed by atoms with van der Waals surface area (Å²) in [6.07, 6.45) is 3.04. The molecule has 0 aliphatic carbocycles. The molecular weight excluding hydrogens is 164 g/mol. The smallest absolute Gasteiger partial charge is 0.246 e. The van der Waals surface area contributed by atoms with E-state index in [2.05, 4.69) is 11.9 Å². The van der Waals surface area contributed by atoms with Crippen LogP contribution in [0.5, 0.6) is 0 Å². The fraction of sp³-hybridized carbons (Fsp3) is 0.286. The Kier molecular flexibility index (Phi) is 8.25. The highest BCUT2D eigenvalue weighted by molar-refractivity contribution is 5.92. The number of carbonyl (C=O) groups is 1. The van der Waals surface area contributed by atoms with Gasteiger partial charge in [0.05, 0.1) is 0 Å². The number of nitrogens with one attached hydrogen (secondary N) is 1. The SMILES string of the molecule is C=C(C)C(=O)NCC=CN.Cl. The van der Waals surface area contributed by atoms with Crippen LogP contribution in [0, 0.1) is 0 Å². The molecule has 0 aromatic carbocycles. The van der Waals surface area contributed by atoms with E-state index in [1.165, 1.54) is 6.20 Å². The van der Waals surface area contributed by atoms with Crippen LogP contribution >= 0.6 is 12.4 Å². The van der Waals surface area contributed by atoms with Gasteiger partial charge in [-0.3, -0.25) is 4.79 Å². The zero-order valence-corrected chi connectivity index (χ0v) is 7.28. The molecule has 0 aromatic heterocycles. The van der Waals surface area contributed by atoms with Crippen LogP contribution in [0.4, 0.5) is 0 Å². The van der Waals surface area contributed by atoms with Crippen molar-refractivity contribution >= 4 is 18.3 Å². The van der Waals surface area contributed by atoms with E-state index in [-0.39, 0.29) is 18.3 Å². The van der Waals surface area contributed by atoms with E-state index in [1.54, 1.807) is 13.0 Å². The fourth-order valence-electron chi connectivity index (χ4n) is 0.371. The molecule has 3 N–H and O–H groups in total. The number of rotatable bonds is 3. The van der Waals surface area contributed by atoms with E-state index in [9.17, 15) is 4.79 Å². The summed E-state index contributed by atoms with van der Waals surface area (Å²) in [5.74, 6) is -0.141. The number of halogens is 1. The van der Waals surface area contributed by atoms with E-state index in [0.717, 1.165) is 0 Å². The number of carbonyl (C=O) groups excluding carboxylic acids is 1. The molecular formula is C7H13ClN2O. The molecule has 0 heterocycles. The Morgan fingerprint density at radius 2 is 2.27 bits per heavy atom. The molecule has 11 heavy (non-hydrogen) atoms. The van der Waals surface area contributed by atoms with Crippen LogP contribution in [0.3, 0.4) is 0 Å². The van der Waals surface area contributed by atoms with Gasteiger partial charge in [0, 0.05) is 12.1 Å². The lowest BCUT2D eigenvalue weighted by Crippen LogP contribution is -2.23. The Hall–Kier alpha value is -0.960. The van der Waals surface area contributed by atoms with Crippen molar-refractivity contribution in [2.75, 3.05) is 6.54 Å². The molecule has 0 rings (SSSR count). The van der Waals surface area contributed by atoms with Gasteiger partial charge in [-0.25, -0.2) is 0 Å². The van der Waals surface area contributed by atoms with Gasteiger partial charge in [-0.05, 0) is 19.2 Å². The topological polar surface area (TPSA) is 55.1 Å². The largest absolute Gasteiger partial charge is 0.405 e. The van der Waals surface area contributed by atoms with Crippen LogP contribution in [0.1, 0.15) is 6.92 Å². The highest BCUT2D eigenvalue weighted by atomic mass is 35.5. The third-order valence-corrected chi connectivity index (χ3v) is 0.904. The van der Waals surface area contributed by atoms with Crippen molar-refractivity contribution in [2.45, 2.75) is 6.92 Å².